The molecule has 0 aliphatic heterocycles. The average Bonchev–Trinajstić information content (AvgIpc) is 2.77. The largest absolute Gasteiger partial charge is 0.246 e. The van der Waals surface area contributed by atoms with Gasteiger partial charge in [-0.3, -0.25) is 0 Å². The Morgan fingerprint density at radius 3 is 2.88 bits per heavy atom. The summed E-state index contributed by atoms with van der Waals surface area (Å²) in [6, 6.07) is 6.83. The predicted molar refractivity (Wildman–Crippen MR) is 70.4 cm³/mol. The van der Waals surface area contributed by atoms with E-state index in [-0.39, 0.29) is 5.82 Å². The molecule has 17 heavy (non-hydrogen) atoms. The SMILES string of the molecule is Fc1ccccc1Cc1nc(CCCCl)cs1. The molecule has 2 rings (SSSR count). The summed E-state index contributed by atoms with van der Waals surface area (Å²) in [5.74, 6) is 0.491. The molecule has 0 amide bonds. The molecule has 0 fully saturated rings. The number of halogens is 2. The highest BCUT2D eigenvalue weighted by molar-refractivity contribution is 7.09. The van der Waals surface area contributed by atoms with Crippen molar-refractivity contribution in [2.75, 3.05) is 5.88 Å². The molecule has 0 radical (unpaired) electrons. The highest BCUT2D eigenvalue weighted by Gasteiger charge is 2.06. The van der Waals surface area contributed by atoms with Crippen LogP contribution in [0.3, 0.4) is 0 Å². The number of aromatic nitrogens is 1. The number of thiazole rings is 1. The first-order valence-corrected chi connectivity index (χ1v) is 6.93. The van der Waals surface area contributed by atoms with Crippen molar-refractivity contribution >= 4 is 22.9 Å². The minimum absolute atomic E-state index is 0.162. The minimum Gasteiger partial charge on any atom is -0.246 e. The van der Waals surface area contributed by atoms with Crippen molar-refractivity contribution in [2.24, 2.45) is 0 Å². The zero-order valence-corrected chi connectivity index (χ0v) is 10.9. The van der Waals surface area contributed by atoms with Crippen LogP contribution in [0.5, 0.6) is 0 Å². The standard InChI is InChI=1S/C13H13ClFNS/c14-7-3-5-11-9-17-13(16-11)8-10-4-1-2-6-12(10)15/h1-2,4,6,9H,3,5,7-8H2. The number of hydrogen-bond donors (Lipinski definition) is 0. The third-order valence-corrected chi connectivity index (χ3v) is 3.63. The predicted octanol–water partition coefficient (Wildman–Crippen LogP) is 4.04. The van der Waals surface area contributed by atoms with Crippen molar-refractivity contribution < 1.29 is 4.39 Å². The van der Waals surface area contributed by atoms with Crippen LogP contribution in [0.2, 0.25) is 0 Å². The van der Waals surface area contributed by atoms with Gasteiger partial charge in [-0.25, -0.2) is 9.37 Å². The summed E-state index contributed by atoms with van der Waals surface area (Å²) in [6.07, 6.45) is 2.40. The zero-order chi connectivity index (χ0) is 12.1. The van der Waals surface area contributed by atoms with E-state index in [1.807, 2.05) is 11.4 Å². The van der Waals surface area contributed by atoms with Crippen LogP contribution in [0.1, 0.15) is 22.7 Å². The Kier molecular flexibility index (Phi) is 4.51. The van der Waals surface area contributed by atoms with Gasteiger partial charge in [0, 0.05) is 17.7 Å². The number of alkyl halides is 1. The number of benzene rings is 1. The van der Waals surface area contributed by atoms with Gasteiger partial charge in [0.2, 0.25) is 0 Å². The van der Waals surface area contributed by atoms with Crippen molar-refractivity contribution in [3.63, 3.8) is 0 Å². The van der Waals surface area contributed by atoms with Gasteiger partial charge in [0.15, 0.2) is 0 Å². The minimum atomic E-state index is -0.162. The Bertz CT molecular complexity index is 484. The Morgan fingerprint density at radius 1 is 1.29 bits per heavy atom. The molecule has 1 aromatic carbocycles. The van der Waals surface area contributed by atoms with Crippen LogP contribution in [0, 0.1) is 5.82 Å². The van der Waals surface area contributed by atoms with Crippen LogP contribution >= 0.6 is 22.9 Å². The molecule has 0 aliphatic carbocycles. The van der Waals surface area contributed by atoms with E-state index in [2.05, 4.69) is 4.98 Å². The molecule has 90 valence electrons. The lowest BCUT2D eigenvalue weighted by Crippen LogP contribution is -1.93. The molecule has 0 bridgehead atoms. The second-order valence-corrected chi connectivity index (χ2v) is 5.11. The summed E-state index contributed by atoms with van der Waals surface area (Å²) in [4.78, 5) is 4.48. The molecule has 1 nitrogen and oxygen atoms in total. The van der Waals surface area contributed by atoms with Crippen molar-refractivity contribution in [3.05, 3.63) is 51.7 Å². The fraction of sp³-hybridized carbons (Fsp3) is 0.308. The van der Waals surface area contributed by atoms with Crippen molar-refractivity contribution in [1.82, 2.24) is 4.98 Å². The molecule has 0 saturated heterocycles. The van der Waals surface area contributed by atoms with E-state index >= 15 is 0 Å². The van der Waals surface area contributed by atoms with E-state index in [1.54, 1.807) is 23.5 Å². The van der Waals surface area contributed by atoms with E-state index in [1.165, 1.54) is 6.07 Å². The summed E-state index contributed by atoms with van der Waals surface area (Å²) in [5.41, 5.74) is 1.76. The molecular formula is C13H13ClFNS. The second kappa shape index (κ2) is 6.12. The number of nitrogens with zero attached hydrogens (tertiary/aromatic N) is 1. The number of hydrogen-bond acceptors (Lipinski definition) is 2. The van der Waals surface area contributed by atoms with Crippen LogP contribution in [0.25, 0.3) is 0 Å². The molecule has 4 heteroatoms. The third kappa shape index (κ3) is 3.51. The maximum atomic E-state index is 13.4. The Hall–Kier alpha value is -0.930. The van der Waals surface area contributed by atoms with Gasteiger partial charge < -0.3 is 0 Å². The fourth-order valence-electron chi connectivity index (χ4n) is 1.60. The lowest BCUT2D eigenvalue weighted by atomic mass is 10.1. The fourth-order valence-corrected chi connectivity index (χ4v) is 2.58. The van der Waals surface area contributed by atoms with Crippen molar-refractivity contribution in [1.29, 1.82) is 0 Å². The topological polar surface area (TPSA) is 12.9 Å². The smallest absolute Gasteiger partial charge is 0.126 e. The molecule has 0 aliphatic rings. The molecule has 2 aromatic rings. The van der Waals surface area contributed by atoms with Gasteiger partial charge in [-0.05, 0) is 24.5 Å². The molecule has 1 heterocycles. The third-order valence-electron chi connectivity index (χ3n) is 2.47. The van der Waals surface area contributed by atoms with Gasteiger partial charge in [-0.1, -0.05) is 18.2 Å². The van der Waals surface area contributed by atoms with E-state index in [4.69, 9.17) is 11.6 Å². The highest BCUT2D eigenvalue weighted by atomic mass is 35.5. The summed E-state index contributed by atoms with van der Waals surface area (Å²) in [5, 5.41) is 2.99. The van der Waals surface area contributed by atoms with Gasteiger partial charge in [0.1, 0.15) is 5.82 Å². The summed E-state index contributed by atoms with van der Waals surface area (Å²) < 4.78 is 13.4. The van der Waals surface area contributed by atoms with Gasteiger partial charge in [-0.15, -0.1) is 22.9 Å². The normalized spacial score (nSPS) is 10.7. The zero-order valence-electron chi connectivity index (χ0n) is 9.33. The molecule has 0 atom stereocenters. The maximum Gasteiger partial charge on any atom is 0.126 e. The van der Waals surface area contributed by atoms with Crippen LogP contribution in [0.4, 0.5) is 4.39 Å². The van der Waals surface area contributed by atoms with Crippen LogP contribution in [0.15, 0.2) is 29.6 Å². The highest BCUT2D eigenvalue weighted by Crippen LogP contribution is 2.17. The first kappa shape index (κ1) is 12.5. The van der Waals surface area contributed by atoms with E-state index in [9.17, 15) is 4.39 Å². The number of aryl methyl sites for hydroxylation is 1. The summed E-state index contributed by atoms with van der Waals surface area (Å²) in [6.45, 7) is 0. The number of rotatable bonds is 5. The van der Waals surface area contributed by atoms with E-state index < -0.39 is 0 Å². The Morgan fingerprint density at radius 2 is 2.12 bits per heavy atom. The molecule has 0 N–H and O–H groups in total. The van der Waals surface area contributed by atoms with Crippen molar-refractivity contribution in [2.45, 2.75) is 19.3 Å². The van der Waals surface area contributed by atoms with Gasteiger partial charge in [0.25, 0.3) is 0 Å². The molecule has 0 unspecified atom stereocenters. The monoisotopic (exact) mass is 269 g/mol. The van der Waals surface area contributed by atoms with Crippen LogP contribution in [-0.2, 0) is 12.8 Å². The summed E-state index contributed by atoms with van der Waals surface area (Å²) >= 11 is 7.22. The van der Waals surface area contributed by atoms with Gasteiger partial charge in [-0.2, -0.15) is 0 Å². The molecular weight excluding hydrogens is 257 g/mol. The first-order valence-electron chi connectivity index (χ1n) is 5.52. The quantitative estimate of drug-likeness (QED) is 0.747. The molecule has 1 aromatic heterocycles. The van der Waals surface area contributed by atoms with Crippen LogP contribution < -0.4 is 0 Å². The van der Waals surface area contributed by atoms with Crippen molar-refractivity contribution in [3.8, 4) is 0 Å². The lowest BCUT2D eigenvalue weighted by Gasteiger charge is -1.99. The Labute approximate surface area is 109 Å². The molecule has 0 saturated carbocycles. The van der Waals surface area contributed by atoms with Gasteiger partial charge >= 0.3 is 0 Å². The van der Waals surface area contributed by atoms with E-state index in [0.29, 0.717) is 17.9 Å². The van der Waals surface area contributed by atoms with Crippen LogP contribution in [-0.4, -0.2) is 10.9 Å². The second-order valence-electron chi connectivity index (χ2n) is 3.79. The lowest BCUT2D eigenvalue weighted by molar-refractivity contribution is 0.613. The Balaban J connectivity index is 2.04. The molecule has 0 spiro atoms. The first-order chi connectivity index (χ1) is 8.29. The van der Waals surface area contributed by atoms with E-state index in [0.717, 1.165) is 23.5 Å². The summed E-state index contributed by atoms with van der Waals surface area (Å²) in [7, 11) is 0. The van der Waals surface area contributed by atoms with Gasteiger partial charge in [0.05, 0.1) is 10.7 Å². The average molecular weight is 270 g/mol. The maximum absolute atomic E-state index is 13.4.